The van der Waals surface area contributed by atoms with Crippen molar-refractivity contribution < 1.29 is 0 Å². The quantitative estimate of drug-likeness (QED) is 0.608. The fourth-order valence-electron chi connectivity index (χ4n) is 2.37. The van der Waals surface area contributed by atoms with Crippen LogP contribution in [0, 0.1) is 0 Å². The van der Waals surface area contributed by atoms with E-state index in [9.17, 15) is 0 Å². The van der Waals surface area contributed by atoms with Gasteiger partial charge in [0.1, 0.15) is 0 Å². The Labute approximate surface area is 101 Å². The monoisotopic (exact) mass is 218 g/mol. The Kier molecular flexibility index (Phi) is 6.22. The Morgan fingerprint density at radius 3 is 1.75 bits per heavy atom. The Balaban J connectivity index is 2.92. The highest BCUT2D eigenvalue weighted by Crippen LogP contribution is 2.20. The molecule has 0 saturated heterocycles. The molecule has 0 atom stereocenters. The van der Waals surface area contributed by atoms with Crippen molar-refractivity contribution in [2.24, 2.45) is 0 Å². The number of hydrogen-bond donors (Lipinski definition) is 0. The minimum Gasteiger partial charge on any atom is -0.0654 e. The van der Waals surface area contributed by atoms with E-state index in [0.717, 1.165) is 0 Å². The molecule has 16 heavy (non-hydrogen) atoms. The second-order valence-corrected chi connectivity index (χ2v) is 4.66. The maximum atomic E-state index is 2.33. The molecule has 0 saturated carbocycles. The van der Waals surface area contributed by atoms with E-state index in [0.29, 0.717) is 0 Å². The topological polar surface area (TPSA) is 0 Å². The van der Waals surface area contributed by atoms with E-state index in [4.69, 9.17) is 0 Å². The summed E-state index contributed by atoms with van der Waals surface area (Å²) >= 11 is 0. The van der Waals surface area contributed by atoms with Gasteiger partial charge >= 0.3 is 0 Å². The summed E-state index contributed by atoms with van der Waals surface area (Å²) in [5, 5.41) is 0. The second kappa shape index (κ2) is 7.49. The third-order valence-electron chi connectivity index (χ3n) is 3.19. The highest BCUT2D eigenvalue weighted by molar-refractivity contribution is 5.35. The molecule has 0 amide bonds. The molecule has 0 bridgehead atoms. The zero-order valence-corrected chi connectivity index (χ0v) is 11.2. The van der Waals surface area contributed by atoms with Gasteiger partial charge in [0.25, 0.3) is 0 Å². The van der Waals surface area contributed by atoms with Crippen LogP contribution in [0.4, 0.5) is 0 Å². The summed E-state index contributed by atoms with van der Waals surface area (Å²) in [4.78, 5) is 0. The van der Waals surface area contributed by atoms with Crippen molar-refractivity contribution in [3.05, 3.63) is 34.9 Å². The van der Waals surface area contributed by atoms with Gasteiger partial charge in [-0.2, -0.15) is 0 Å². The van der Waals surface area contributed by atoms with E-state index >= 15 is 0 Å². The zero-order valence-electron chi connectivity index (χ0n) is 11.2. The van der Waals surface area contributed by atoms with Crippen molar-refractivity contribution in [1.82, 2.24) is 0 Å². The van der Waals surface area contributed by atoms with E-state index in [-0.39, 0.29) is 0 Å². The molecule has 0 nitrogen and oxygen atoms in total. The first-order valence-corrected chi connectivity index (χ1v) is 6.93. The molecule has 0 aromatic heterocycles. The molecule has 0 radical (unpaired) electrons. The number of aryl methyl sites for hydroxylation is 2. The first-order chi connectivity index (χ1) is 7.83. The number of rotatable bonds is 7. The van der Waals surface area contributed by atoms with Crippen LogP contribution in [0.25, 0.3) is 0 Å². The van der Waals surface area contributed by atoms with E-state index in [1.165, 1.54) is 44.9 Å². The zero-order chi connectivity index (χ0) is 11.8. The van der Waals surface area contributed by atoms with Crippen LogP contribution >= 0.6 is 0 Å². The molecule has 0 aliphatic carbocycles. The van der Waals surface area contributed by atoms with Crippen LogP contribution in [0.1, 0.15) is 63.1 Å². The molecule has 0 unspecified atom stereocenters. The molecular weight excluding hydrogens is 192 g/mol. The van der Waals surface area contributed by atoms with Crippen molar-refractivity contribution in [2.45, 2.75) is 65.7 Å². The summed E-state index contributed by atoms with van der Waals surface area (Å²) in [5.74, 6) is 0. The Morgan fingerprint density at radius 2 is 1.31 bits per heavy atom. The number of benzene rings is 1. The van der Waals surface area contributed by atoms with E-state index in [1.807, 2.05) is 0 Å². The minimum atomic E-state index is 1.25. The molecule has 0 aliphatic rings. The molecule has 1 rings (SSSR count). The van der Waals surface area contributed by atoms with E-state index in [1.54, 1.807) is 16.7 Å². The molecule has 1 aromatic rings. The summed E-state index contributed by atoms with van der Waals surface area (Å²) in [6.07, 6.45) is 8.92. The number of unbranched alkanes of at least 4 members (excludes halogenated alkanes) is 1. The smallest absolute Gasteiger partial charge is 0.0274 e. The van der Waals surface area contributed by atoms with Gasteiger partial charge in [-0.3, -0.25) is 0 Å². The molecule has 1 aromatic carbocycles. The van der Waals surface area contributed by atoms with Crippen LogP contribution in [0.3, 0.4) is 0 Å². The van der Waals surface area contributed by atoms with Gasteiger partial charge in [0.05, 0.1) is 0 Å². The third kappa shape index (κ3) is 3.66. The highest BCUT2D eigenvalue weighted by Gasteiger charge is 2.06. The van der Waals surface area contributed by atoms with Crippen LogP contribution < -0.4 is 0 Å². The first-order valence-electron chi connectivity index (χ1n) is 6.93. The van der Waals surface area contributed by atoms with Crippen LogP contribution in [0.15, 0.2) is 18.2 Å². The lowest BCUT2D eigenvalue weighted by molar-refractivity contribution is 0.764. The predicted molar refractivity (Wildman–Crippen MR) is 73.0 cm³/mol. The molecule has 0 spiro atoms. The summed E-state index contributed by atoms with van der Waals surface area (Å²) in [6, 6.07) is 6.90. The lowest BCUT2D eigenvalue weighted by Gasteiger charge is -2.14. The van der Waals surface area contributed by atoms with E-state index < -0.39 is 0 Å². The largest absolute Gasteiger partial charge is 0.0654 e. The van der Waals surface area contributed by atoms with Gasteiger partial charge < -0.3 is 0 Å². The molecule has 0 heterocycles. The van der Waals surface area contributed by atoms with Crippen LogP contribution in [0.5, 0.6) is 0 Å². The third-order valence-corrected chi connectivity index (χ3v) is 3.19. The van der Waals surface area contributed by atoms with Crippen LogP contribution in [-0.4, -0.2) is 0 Å². The van der Waals surface area contributed by atoms with Crippen molar-refractivity contribution in [1.29, 1.82) is 0 Å². The van der Waals surface area contributed by atoms with Gasteiger partial charge in [0.15, 0.2) is 0 Å². The van der Waals surface area contributed by atoms with Crippen LogP contribution in [-0.2, 0) is 19.3 Å². The summed E-state index contributed by atoms with van der Waals surface area (Å²) in [6.45, 7) is 6.83. The van der Waals surface area contributed by atoms with Gasteiger partial charge in [-0.05, 0) is 42.4 Å². The average Bonchev–Trinajstić information content (AvgIpc) is 2.29. The number of hydrogen-bond acceptors (Lipinski definition) is 0. The van der Waals surface area contributed by atoms with Crippen molar-refractivity contribution >= 4 is 0 Å². The van der Waals surface area contributed by atoms with E-state index in [2.05, 4.69) is 39.0 Å². The van der Waals surface area contributed by atoms with Gasteiger partial charge in [-0.25, -0.2) is 0 Å². The minimum absolute atomic E-state index is 1.25. The fourth-order valence-corrected chi connectivity index (χ4v) is 2.37. The van der Waals surface area contributed by atoms with Crippen molar-refractivity contribution in [3.63, 3.8) is 0 Å². The van der Waals surface area contributed by atoms with Gasteiger partial charge in [-0.1, -0.05) is 58.2 Å². The predicted octanol–water partition coefficient (Wildman–Crippen LogP) is 4.93. The Bertz CT molecular complexity index is 275. The van der Waals surface area contributed by atoms with Crippen molar-refractivity contribution in [3.8, 4) is 0 Å². The van der Waals surface area contributed by atoms with Crippen LogP contribution in [0.2, 0.25) is 0 Å². The first kappa shape index (κ1) is 13.3. The normalized spacial score (nSPS) is 10.7. The van der Waals surface area contributed by atoms with Crippen molar-refractivity contribution in [2.75, 3.05) is 0 Å². The highest BCUT2D eigenvalue weighted by atomic mass is 14.1. The maximum Gasteiger partial charge on any atom is -0.0274 e. The summed E-state index contributed by atoms with van der Waals surface area (Å²) < 4.78 is 0. The lowest BCUT2D eigenvalue weighted by atomic mass is 9.92. The lowest BCUT2D eigenvalue weighted by Crippen LogP contribution is -2.00. The second-order valence-electron chi connectivity index (χ2n) is 4.66. The molecular formula is C16H26. The Hall–Kier alpha value is -0.780. The van der Waals surface area contributed by atoms with Gasteiger partial charge in [0, 0.05) is 0 Å². The molecule has 0 N–H and O–H groups in total. The Morgan fingerprint density at radius 1 is 0.750 bits per heavy atom. The molecule has 0 aliphatic heterocycles. The standard InChI is InChI=1S/C16H26/c1-4-7-13-16-14(9-5-2)11-8-12-15(16)10-6-3/h8,11-12H,4-7,9-10,13H2,1-3H3. The maximum absolute atomic E-state index is 2.33. The molecule has 0 fully saturated rings. The fraction of sp³-hybridized carbons (Fsp3) is 0.625. The molecule has 0 heteroatoms. The molecule has 90 valence electrons. The van der Waals surface area contributed by atoms with Gasteiger partial charge in [0.2, 0.25) is 0 Å². The summed E-state index contributed by atoms with van der Waals surface area (Å²) in [5.41, 5.74) is 4.86. The SMILES string of the molecule is CCCCc1c(CCC)cccc1CCC. The average molecular weight is 218 g/mol. The summed E-state index contributed by atoms with van der Waals surface area (Å²) in [7, 11) is 0. The van der Waals surface area contributed by atoms with Gasteiger partial charge in [-0.15, -0.1) is 0 Å².